The van der Waals surface area contributed by atoms with Crippen LogP contribution < -0.4 is 0 Å². The summed E-state index contributed by atoms with van der Waals surface area (Å²) >= 11 is 0. The highest BCUT2D eigenvalue weighted by molar-refractivity contribution is 6.27. The highest BCUT2D eigenvalue weighted by atomic mass is 16.1. The van der Waals surface area contributed by atoms with Gasteiger partial charge in [-0.25, -0.2) is 0 Å². The Bertz CT molecular complexity index is 1500. The van der Waals surface area contributed by atoms with Gasteiger partial charge in [-0.05, 0) is 22.9 Å². The Morgan fingerprint density at radius 3 is 1.50 bits per heavy atom. The van der Waals surface area contributed by atoms with E-state index in [1.165, 1.54) is 0 Å². The zero-order valence-electron chi connectivity index (χ0n) is 16.0. The van der Waals surface area contributed by atoms with E-state index in [1.54, 1.807) is 0 Å². The Hall–Kier alpha value is -4.11. The summed E-state index contributed by atoms with van der Waals surface area (Å²) in [4.78, 5) is 23.1. The van der Waals surface area contributed by atoms with Crippen LogP contribution in [0.15, 0.2) is 97.3 Å². The fourth-order valence-corrected chi connectivity index (χ4v) is 4.34. The molecule has 0 aliphatic rings. The van der Waals surface area contributed by atoms with Crippen LogP contribution in [0.3, 0.4) is 0 Å². The largest absolute Gasteiger partial charge is 0.289 e. The lowest BCUT2D eigenvalue weighted by Crippen LogP contribution is -2.04. The maximum atomic E-state index is 13.9. The van der Waals surface area contributed by atoms with Gasteiger partial charge < -0.3 is 0 Å². The van der Waals surface area contributed by atoms with E-state index >= 15 is 0 Å². The topological polar surface area (TPSA) is 42.9 Å². The molecule has 0 saturated heterocycles. The molecule has 0 atom stereocenters. The van der Waals surface area contributed by atoms with E-state index in [0.717, 1.165) is 43.4 Å². The predicted molar refractivity (Wildman–Crippen MR) is 122 cm³/mol. The van der Waals surface area contributed by atoms with Crippen molar-refractivity contribution in [1.82, 2.24) is 9.97 Å². The fourth-order valence-electron chi connectivity index (χ4n) is 4.34. The van der Waals surface area contributed by atoms with E-state index in [4.69, 9.17) is 0 Å². The Balaban J connectivity index is 1.70. The summed E-state index contributed by atoms with van der Waals surface area (Å²) in [5.41, 5.74) is 2.97. The number of carbonyl (C=O) groups excluding carboxylic acids is 1. The van der Waals surface area contributed by atoms with Crippen molar-refractivity contribution < 1.29 is 4.79 Å². The maximum Gasteiger partial charge on any atom is 0.194 e. The van der Waals surface area contributed by atoms with Gasteiger partial charge in [-0.2, -0.15) is 0 Å². The average Bonchev–Trinajstić information content (AvgIpc) is 2.82. The normalized spacial score (nSPS) is 11.5. The van der Waals surface area contributed by atoms with Crippen molar-refractivity contribution in [1.29, 1.82) is 0 Å². The molecule has 4 aromatic carbocycles. The number of hydrogen-bond donors (Lipinski definition) is 0. The first kappa shape index (κ1) is 16.8. The second kappa shape index (κ2) is 6.46. The monoisotopic (exact) mass is 384 g/mol. The van der Waals surface area contributed by atoms with Crippen molar-refractivity contribution in [3.8, 4) is 0 Å². The van der Waals surface area contributed by atoms with Gasteiger partial charge in [0.15, 0.2) is 5.78 Å². The Kier molecular flexibility index (Phi) is 3.62. The SMILES string of the molecule is O=C(c1cccc2ncc3ccccc3c12)c1cccc2ncc3ccccc3c12. The van der Waals surface area contributed by atoms with E-state index in [9.17, 15) is 4.79 Å². The molecule has 2 heterocycles. The Morgan fingerprint density at radius 2 is 1.00 bits per heavy atom. The van der Waals surface area contributed by atoms with E-state index < -0.39 is 0 Å². The minimum atomic E-state index is -0.0116. The number of benzene rings is 4. The minimum Gasteiger partial charge on any atom is -0.289 e. The van der Waals surface area contributed by atoms with Gasteiger partial charge in [0, 0.05) is 45.1 Å². The molecule has 0 saturated carbocycles. The van der Waals surface area contributed by atoms with E-state index in [-0.39, 0.29) is 5.78 Å². The molecular weight excluding hydrogens is 368 g/mol. The number of hydrogen-bond acceptors (Lipinski definition) is 3. The first-order chi connectivity index (χ1) is 14.8. The third-order valence-corrected chi connectivity index (χ3v) is 5.72. The number of carbonyl (C=O) groups is 1. The van der Waals surface area contributed by atoms with Crippen molar-refractivity contribution in [3.05, 3.63) is 108 Å². The van der Waals surface area contributed by atoms with Gasteiger partial charge in [0.1, 0.15) is 0 Å². The molecule has 0 aliphatic heterocycles. The minimum absolute atomic E-state index is 0.0116. The molecule has 0 amide bonds. The van der Waals surface area contributed by atoms with Gasteiger partial charge in [-0.3, -0.25) is 14.8 Å². The fraction of sp³-hybridized carbons (Fsp3) is 0. The molecule has 0 N–H and O–H groups in total. The number of rotatable bonds is 2. The van der Waals surface area contributed by atoms with Crippen molar-refractivity contribution in [3.63, 3.8) is 0 Å². The molecule has 0 bridgehead atoms. The average molecular weight is 384 g/mol. The second-order valence-electron chi connectivity index (χ2n) is 7.42. The van der Waals surface area contributed by atoms with Crippen molar-refractivity contribution in [2.24, 2.45) is 0 Å². The standard InChI is InChI=1S/C27H16N2O/c30-27(21-11-5-13-23-25(21)19-9-3-1-7-17(19)15-28-23)22-12-6-14-24-26(22)20-10-4-2-8-18(20)16-29-24/h1-16H. The molecule has 140 valence electrons. The van der Waals surface area contributed by atoms with Crippen LogP contribution in [0.25, 0.3) is 43.4 Å². The molecule has 0 aliphatic carbocycles. The van der Waals surface area contributed by atoms with Crippen molar-refractivity contribution >= 4 is 49.1 Å². The number of ketones is 1. The smallest absolute Gasteiger partial charge is 0.194 e. The van der Waals surface area contributed by atoms with Gasteiger partial charge >= 0.3 is 0 Å². The molecule has 3 heteroatoms. The summed E-state index contributed by atoms with van der Waals surface area (Å²) in [5.74, 6) is -0.0116. The van der Waals surface area contributed by atoms with Gasteiger partial charge in [0.25, 0.3) is 0 Å². The van der Waals surface area contributed by atoms with Crippen LogP contribution in [-0.4, -0.2) is 15.8 Å². The number of nitrogens with zero attached hydrogens (tertiary/aromatic N) is 2. The van der Waals surface area contributed by atoms with E-state index in [2.05, 4.69) is 22.1 Å². The first-order valence-electron chi connectivity index (χ1n) is 9.89. The van der Waals surface area contributed by atoms with Crippen LogP contribution in [0.1, 0.15) is 15.9 Å². The lowest BCUT2D eigenvalue weighted by atomic mass is 9.92. The number of aromatic nitrogens is 2. The third-order valence-electron chi connectivity index (χ3n) is 5.72. The molecule has 0 radical (unpaired) electrons. The quantitative estimate of drug-likeness (QED) is 0.259. The van der Waals surface area contributed by atoms with Crippen molar-refractivity contribution in [2.75, 3.05) is 0 Å². The number of fused-ring (bicyclic) bond motifs is 6. The zero-order valence-corrected chi connectivity index (χ0v) is 16.0. The number of pyridine rings is 2. The van der Waals surface area contributed by atoms with E-state index in [1.807, 2.05) is 85.2 Å². The van der Waals surface area contributed by atoms with Crippen LogP contribution >= 0.6 is 0 Å². The first-order valence-corrected chi connectivity index (χ1v) is 9.89. The summed E-state index contributed by atoms with van der Waals surface area (Å²) in [5, 5.41) is 5.91. The van der Waals surface area contributed by atoms with Crippen LogP contribution in [0.4, 0.5) is 0 Å². The van der Waals surface area contributed by atoms with Crippen molar-refractivity contribution in [2.45, 2.75) is 0 Å². The zero-order chi connectivity index (χ0) is 20.1. The summed E-state index contributed by atoms with van der Waals surface area (Å²) in [6.07, 6.45) is 3.72. The molecule has 2 aromatic heterocycles. The van der Waals surface area contributed by atoms with Gasteiger partial charge in [-0.1, -0.05) is 72.8 Å². The van der Waals surface area contributed by atoms with Gasteiger partial charge in [-0.15, -0.1) is 0 Å². The van der Waals surface area contributed by atoms with Crippen LogP contribution in [0.5, 0.6) is 0 Å². The molecule has 30 heavy (non-hydrogen) atoms. The molecule has 0 unspecified atom stereocenters. The molecule has 6 aromatic rings. The Labute approximate surface area is 172 Å². The lowest BCUT2D eigenvalue weighted by molar-refractivity contribution is 0.104. The molecule has 0 fully saturated rings. The highest BCUT2D eigenvalue weighted by Gasteiger charge is 2.18. The molecule has 0 spiro atoms. The predicted octanol–water partition coefficient (Wildman–Crippen LogP) is 6.32. The molecule has 6 rings (SSSR count). The summed E-state index contributed by atoms with van der Waals surface area (Å²) < 4.78 is 0. The maximum absolute atomic E-state index is 13.9. The van der Waals surface area contributed by atoms with Crippen LogP contribution in [0, 0.1) is 0 Å². The summed E-state index contributed by atoms with van der Waals surface area (Å²) in [6, 6.07) is 27.6. The second-order valence-corrected chi connectivity index (χ2v) is 7.42. The molecular formula is C27H16N2O. The van der Waals surface area contributed by atoms with Gasteiger partial charge in [0.05, 0.1) is 11.0 Å². The summed E-state index contributed by atoms with van der Waals surface area (Å²) in [7, 11) is 0. The third kappa shape index (κ3) is 2.42. The highest BCUT2D eigenvalue weighted by Crippen LogP contribution is 2.32. The summed E-state index contributed by atoms with van der Waals surface area (Å²) in [6.45, 7) is 0. The van der Waals surface area contributed by atoms with Crippen LogP contribution in [-0.2, 0) is 0 Å². The Morgan fingerprint density at radius 1 is 0.533 bits per heavy atom. The van der Waals surface area contributed by atoms with Crippen LogP contribution in [0.2, 0.25) is 0 Å². The molecule has 3 nitrogen and oxygen atoms in total. The van der Waals surface area contributed by atoms with E-state index in [0.29, 0.717) is 11.1 Å². The lowest BCUT2D eigenvalue weighted by Gasteiger charge is -2.12. The van der Waals surface area contributed by atoms with Gasteiger partial charge in [0.2, 0.25) is 0 Å².